The van der Waals surface area contributed by atoms with Crippen LogP contribution in [-0.2, 0) is 0 Å². The summed E-state index contributed by atoms with van der Waals surface area (Å²) in [5.74, 6) is -2.20. The number of hydrogen-bond donors (Lipinski definition) is 0. The third-order valence-electron chi connectivity index (χ3n) is 2.01. The molecule has 16 heavy (non-hydrogen) atoms. The highest BCUT2D eigenvalue weighted by Crippen LogP contribution is 2.20. The van der Waals surface area contributed by atoms with Crippen molar-refractivity contribution in [2.45, 2.75) is 0 Å². The van der Waals surface area contributed by atoms with E-state index in [-0.39, 0.29) is 10.6 Å². The van der Waals surface area contributed by atoms with Gasteiger partial charge in [0.15, 0.2) is 0 Å². The van der Waals surface area contributed by atoms with Crippen LogP contribution >= 0.6 is 27.5 Å². The normalized spacial score (nSPS) is 10.3. The standard InChI is InChI=1S/C10H9BrClF2NO/c1-15(3-2-11)10(16)6-4-9(14)7(12)5-8(6)13/h4-5H,2-3H2,1H3. The lowest BCUT2D eigenvalue weighted by Gasteiger charge is -2.16. The van der Waals surface area contributed by atoms with E-state index < -0.39 is 17.5 Å². The zero-order chi connectivity index (χ0) is 12.3. The van der Waals surface area contributed by atoms with Crippen LogP contribution in [0.3, 0.4) is 0 Å². The first-order valence-corrected chi connectivity index (χ1v) is 5.93. The molecule has 2 nitrogen and oxygen atoms in total. The van der Waals surface area contributed by atoms with E-state index >= 15 is 0 Å². The summed E-state index contributed by atoms with van der Waals surface area (Å²) in [6, 6.07) is 1.61. The largest absolute Gasteiger partial charge is 0.341 e. The quantitative estimate of drug-likeness (QED) is 0.620. The lowest BCUT2D eigenvalue weighted by molar-refractivity contribution is 0.0799. The van der Waals surface area contributed by atoms with Crippen LogP contribution in [0.25, 0.3) is 0 Å². The van der Waals surface area contributed by atoms with Gasteiger partial charge in [-0.2, -0.15) is 0 Å². The lowest BCUT2D eigenvalue weighted by Crippen LogP contribution is -2.29. The zero-order valence-electron chi connectivity index (χ0n) is 8.44. The van der Waals surface area contributed by atoms with E-state index in [2.05, 4.69) is 15.9 Å². The third kappa shape index (κ3) is 2.92. The van der Waals surface area contributed by atoms with E-state index in [1.165, 1.54) is 11.9 Å². The van der Waals surface area contributed by atoms with E-state index in [9.17, 15) is 13.6 Å². The molecule has 0 aliphatic carbocycles. The molecule has 88 valence electrons. The Labute approximate surface area is 105 Å². The molecule has 0 heterocycles. The predicted molar refractivity (Wildman–Crippen MR) is 62.1 cm³/mol. The Balaban J connectivity index is 3.04. The number of carbonyl (C=O) groups excluding carboxylic acids is 1. The molecule has 6 heteroatoms. The van der Waals surface area contributed by atoms with Crippen molar-refractivity contribution in [3.63, 3.8) is 0 Å². The number of alkyl halides is 1. The summed E-state index contributed by atoms with van der Waals surface area (Å²) < 4.78 is 26.5. The van der Waals surface area contributed by atoms with Crippen LogP contribution in [0.5, 0.6) is 0 Å². The van der Waals surface area contributed by atoms with Gasteiger partial charge in [0.05, 0.1) is 10.6 Å². The van der Waals surface area contributed by atoms with Crippen LogP contribution in [0.4, 0.5) is 8.78 Å². The van der Waals surface area contributed by atoms with Crippen LogP contribution in [0.1, 0.15) is 10.4 Å². The number of halogens is 4. The molecule has 1 amide bonds. The number of benzene rings is 1. The molecule has 0 bridgehead atoms. The molecule has 0 unspecified atom stereocenters. The highest BCUT2D eigenvalue weighted by molar-refractivity contribution is 9.09. The second-order valence-corrected chi connectivity index (χ2v) is 4.36. The van der Waals surface area contributed by atoms with Gasteiger partial charge in [-0.3, -0.25) is 4.79 Å². The molecule has 0 atom stereocenters. The maximum absolute atomic E-state index is 13.4. The van der Waals surface area contributed by atoms with Crippen LogP contribution in [0, 0.1) is 11.6 Å². The van der Waals surface area contributed by atoms with Gasteiger partial charge in [0, 0.05) is 18.9 Å². The Morgan fingerprint density at radius 3 is 2.62 bits per heavy atom. The number of amides is 1. The number of hydrogen-bond acceptors (Lipinski definition) is 1. The van der Waals surface area contributed by atoms with Gasteiger partial charge >= 0.3 is 0 Å². The summed E-state index contributed by atoms with van der Waals surface area (Å²) in [6.07, 6.45) is 0. The fourth-order valence-electron chi connectivity index (χ4n) is 1.12. The lowest BCUT2D eigenvalue weighted by atomic mass is 10.2. The van der Waals surface area contributed by atoms with Gasteiger partial charge in [0.25, 0.3) is 5.91 Å². The van der Waals surface area contributed by atoms with Crippen LogP contribution < -0.4 is 0 Å². The Hall–Kier alpha value is -0.680. The van der Waals surface area contributed by atoms with Crippen molar-refractivity contribution in [3.05, 3.63) is 34.4 Å². The van der Waals surface area contributed by atoms with Crippen LogP contribution in [0.2, 0.25) is 5.02 Å². The van der Waals surface area contributed by atoms with Gasteiger partial charge in [-0.1, -0.05) is 27.5 Å². The molecule has 0 N–H and O–H groups in total. The summed E-state index contributed by atoms with van der Waals surface area (Å²) in [7, 11) is 1.51. The van der Waals surface area contributed by atoms with Crippen molar-refractivity contribution >= 4 is 33.4 Å². The maximum atomic E-state index is 13.4. The average molecular weight is 313 g/mol. The molecule has 1 aromatic rings. The van der Waals surface area contributed by atoms with Crippen molar-refractivity contribution < 1.29 is 13.6 Å². The molecule has 1 rings (SSSR count). The molecule has 0 fully saturated rings. The van der Waals surface area contributed by atoms with Crippen molar-refractivity contribution in [2.24, 2.45) is 0 Å². The first-order chi connectivity index (χ1) is 7.47. The predicted octanol–water partition coefficient (Wildman–Crippen LogP) is 3.09. The van der Waals surface area contributed by atoms with E-state index in [1.54, 1.807) is 0 Å². The van der Waals surface area contributed by atoms with Crippen molar-refractivity contribution in [2.75, 3.05) is 18.9 Å². The summed E-state index contributed by atoms with van der Waals surface area (Å²) in [4.78, 5) is 13.0. The van der Waals surface area contributed by atoms with Gasteiger partial charge in [0.1, 0.15) is 11.6 Å². The zero-order valence-corrected chi connectivity index (χ0v) is 10.8. The minimum atomic E-state index is -0.821. The molecule has 1 aromatic carbocycles. The fourth-order valence-corrected chi connectivity index (χ4v) is 1.80. The molecule has 0 radical (unpaired) electrons. The highest BCUT2D eigenvalue weighted by atomic mass is 79.9. The number of carbonyl (C=O) groups is 1. The maximum Gasteiger partial charge on any atom is 0.256 e. The Kier molecular flexibility index (Phi) is 4.68. The molecule has 0 spiro atoms. The third-order valence-corrected chi connectivity index (χ3v) is 2.65. The molecule has 0 saturated carbocycles. The van der Waals surface area contributed by atoms with Crippen molar-refractivity contribution in [1.29, 1.82) is 0 Å². The topological polar surface area (TPSA) is 20.3 Å². The molecule has 0 saturated heterocycles. The molecule has 0 aromatic heterocycles. The summed E-state index contributed by atoms with van der Waals surface area (Å²) in [5.41, 5.74) is -0.314. The van der Waals surface area contributed by atoms with Crippen LogP contribution in [0.15, 0.2) is 12.1 Å². The summed E-state index contributed by atoms with van der Waals surface area (Å²) in [5, 5.41) is 0.227. The first-order valence-electron chi connectivity index (χ1n) is 4.43. The van der Waals surface area contributed by atoms with Crippen LogP contribution in [-0.4, -0.2) is 29.7 Å². The molecule has 0 aliphatic rings. The minimum absolute atomic E-state index is 0.314. The highest BCUT2D eigenvalue weighted by Gasteiger charge is 2.18. The smallest absolute Gasteiger partial charge is 0.256 e. The Morgan fingerprint density at radius 2 is 2.06 bits per heavy atom. The second-order valence-electron chi connectivity index (χ2n) is 3.16. The number of rotatable bonds is 3. The summed E-state index contributed by atoms with van der Waals surface area (Å²) in [6.45, 7) is 0.405. The summed E-state index contributed by atoms with van der Waals surface area (Å²) >= 11 is 8.54. The van der Waals surface area contributed by atoms with Gasteiger partial charge in [-0.15, -0.1) is 0 Å². The van der Waals surface area contributed by atoms with Crippen molar-refractivity contribution in [1.82, 2.24) is 4.90 Å². The average Bonchev–Trinajstić information content (AvgIpc) is 2.23. The monoisotopic (exact) mass is 311 g/mol. The molecular weight excluding hydrogens is 303 g/mol. The Bertz CT molecular complexity index is 414. The molecule has 0 aliphatic heterocycles. The fraction of sp³-hybridized carbons (Fsp3) is 0.300. The SMILES string of the molecule is CN(CCBr)C(=O)c1cc(F)c(Cl)cc1F. The minimum Gasteiger partial charge on any atom is -0.341 e. The Morgan fingerprint density at radius 1 is 1.44 bits per heavy atom. The van der Waals surface area contributed by atoms with Gasteiger partial charge in [-0.05, 0) is 12.1 Å². The van der Waals surface area contributed by atoms with E-state index in [0.717, 1.165) is 12.1 Å². The van der Waals surface area contributed by atoms with E-state index in [0.29, 0.717) is 11.9 Å². The van der Waals surface area contributed by atoms with Gasteiger partial charge in [0.2, 0.25) is 0 Å². The van der Waals surface area contributed by atoms with Gasteiger partial charge < -0.3 is 4.90 Å². The van der Waals surface area contributed by atoms with E-state index in [4.69, 9.17) is 11.6 Å². The molecular formula is C10H9BrClF2NO. The van der Waals surface area contributed by atoms with Gasteiger partial charge in [-0.25, -0.2) is 8.78 Å². The van der Waals surface area contributed by atoms with E-state index in [1.807, 2.05) is 0 Å². The first kappa shape index (κ1) is 13.4. The number of nitrogens with zero attached hydrogens (tertiary/aromatic N) is 1. The van der Waals surface area contributed by atoms with Crippen molar-refractivity contribution in [3.8, 4) is 0 Å². The second kappa shape index (κ2) is 5.59.